The van der Waals surface area contributed by atoms with E-state index in [0.717, 1.165) is 6.42 Å². The van der Waals surface area contributed by atoms with Crippen molar-refractivity contribution in [3.05, 3.63) is 41.8 Å². The highest BCUT2D eigenvalue weighted by molar-refractivity contribution is 5.28. The number of hydrogen-bond donors (Lipinski definition) is 0. The van der Waals surface area contributed by atoms with Crippen LogP contribution in [0.15, 0.2) is 24.3 Å². The Morgan fingerprint density at radius 1 is 1.31 bits per heavy atom. The molecule has 0 aromatic heterocycles. The van der Waals surface area contributed by atoms with E-state index in [1.807, 2.05) is 6.92 Å². The third-order valence-electron chi connectivity index (χ3n) is 2.23. The van der Waals surface area contributed by atoms with Gasteiger partial charge in [-0.15, -0.1) is 0 Å². The van der Waals surface area contributed by atoms with Crippen molar-refractivity contribution in [1.29, 1.82) is 0 Å². The van der Waals surface area contributed by atoms with E-state index in [9.17, 15) is 0 Å². The second-order valence-corrected chi connectivity index (χ2v) is 3.36. The van der Waals surface area contributed by atoms with E-state index in [0.29, 0.717) is 0 Å². The average molecular weight is 171 g/mol. The molecule has 1 rings (SSSR count). The molecule has 1 aromatic carbocycles. The molecule has 1 radical (unpaired) electrons. The van der Waals surface area contributed by atoms with Crippen LogP contribution in [0.1, 0.15) is 37.3 Å². The fourth-order valence-corrected chi connectivity index (χ4v) is 1.34. The second-order valence-electron chi connectivity index (χ2n) is 3.36. The first-order valence-corrected chi connectivity index (χ1v) is 4.79. The van der Waals surface area contributed by atoms with Crippen molar-refractivity contribution < 1.29 is 0 Å². The molecule has 0 aliphatic carbocycles. The Morgan fingerprint density at radius 2 is 1.92 bits per heavy atom. The molecule has 0 nitrogen and oxygen atoms in total. The molecule has 1 aromatic rings. The normalized spacial score (nSPS) is 12.1. The molecule has 0 saturated heterocycles. The molecule has 0 spiro atoms. The Bertz CT molecular complexity index is 287. The van der Waals surface area contributed by atoms with Crippen LogP contribution in [-0.4, -0.2) is 0 Å². The number of benzene rings is 1. The summed E-state index contributed by atoms with van der Waals surface area (Å²) in [6, 6.07) is 8.48. The first-order chi connectivity index (χ1) is 6.27. The molecule has 0 heterocycles. The molecular formula is C13H15. The van der Waals surface area contributed by atoms with Crippen molar-refractivity contribution >= 4 is 0 Å². The lowest BCUT2D eigenvalue weighted by Crippen LogP contribution is -1.90. The highest BCUT2D eigenvalue weighted by Crippen LogP contribution is 2.15. The molecule has 13 heavy (non-hydrogen) atoms. The Kier molecular flexibility index (Phi) is 3.58. The van der Waals surface area contributed by atoms with Crippen LogP contribution in [0.4, 0.5) is 0 Å². The van der Waals surface area contributed by atoms with Crippen molar-refractivity contribution in [3.8, 4) is 5.92 Å². The number of rotatable bonds is 3. The highest BCUT2D eigenvalue weighted by atomic mass is 14.0. The summed E-state index contributed by atoms with van der Waals surface area (Å²) in [7, 11) is 0. The van der Waals surface area contributed by atoms with Crippen LogP contribution in [0.2, 0.25) is 0 Å². The van der Waals surface area contributed by atoms with Gasteiger partial charge in [-0.3, -0.25) is 0 Å². The average Bonchev–Trinajstić information content (AvgIpc) is 2.18. The predicted molar refractivity (Wildman–Crippen MR) is 56.0 cm³/mol. The Hall–Kier alpha value is -1.22. The van der Waals surface area contributed by atoms with Gasteiger partial charge in [0.15, 0.2) is 0 Å². The van der Waals surface area contributed by atoms with Gasteiger partial charge in [0, 0.05) is 5.92 Å². The van der Waals surface area contributed by atoms with E-state index in [2.05, 4.69) is 37.1 Å². The maximum atomic E-state index is 7.03. The fourth-order valence-electron chi connectivity index (χ4n) is 1.34. The predicted octanol–water partition coefficient (Wildman–Crippen LogP) is 3.33. The zero-order valence-electron chi connectivity index (χ0n) is 8.30. The molecule has 0 N–H and O–H groups in total. The minimum Gasteiger partial charge on any atom is -0.0812 e. The molecule has 0 fully saturated rings. The summed E-state index contributed by atoms with van der Waals surface area (Å²) < 4.78 is 0. The Morgan fingerprint density at radius 3 is 2.38 bits per heavy atom. The summed E-state index contributed by atoms with van der Waals surface area (Å²) in [5.41, 5.74) is 2.55. The third kappa shape index (κ3) is 2.63. The van der Waals surface area contributed by atoms with Gasteiger partial charge >= 0.3 is 0 Å². The monoisotopic (exact) mass is 171 g/mol. The van der Waals surface area contributed by atoms with Crippen LogP contribution in [0, 0.1) is 12.3 Å². The minimum absolute atomic E-state index is 0.121. The zero-order chi connectivity index (χ0) is 9.68. The van der Waals surface area contributed by atoms with E-state index in [4.69, 9.17) is 6.42 Å². The minimum atomic E-state index is 0.121. The topological polar surface area (TPSA) is 0 Å². The maximum absolute atomic E-state index is 7.03. The van der Waals surface area contributed by atoms with Crippen molar-refractivity contribution in [2.24, 2.45) is 0 Å². The van der Waals surface area contributed by atoms with Crippen LogP contribution in [0.25, 0.3) is 0 Å². The van der Waals surface area contributed by atoms with Gasteiger partial charge in [0.25, 0.3) is 0 Å². The summed E-state index contributed by atoms with van der Waals surface area (Å²) in [5.74, 6) is 2.60. The van der Waals surface area contributed by atoms with Crippen molar-refractivity contribution in [2.75, 3.05) is 0 Å². The maximum Gasteiger partial charge on any atom is 0.0434 e. The van der Waals surface area contributed by atoms with Gasteiger partial charge in [0.2, 0.25) is 0 Å². The molecule has 0 aliphatic heterocycles. The largest absolute Gasteiger partial charge is 0.0812 e. The van der Waals surface area contributed by atoms with Gasteiger partial charge < -0.3 is 0 Å². The zero-order valence-corrected chi connectivity index (χ0v) is 8.30. The third-order valence-corrected chi connectivity index (χ3v) is 2.23. The molecule has 67 valence electrons. The number of aryl methyl sites for hydroxylation is 1. The fraction of sp³-hybridized carbons (Fsp3) is 0.385. The lowest BCUT2D eigenvalue weighted by atomic mass is 9.99. The molecule has 0 bridgehead atoms. The van der Waals surface area contributed by atoms with Crippen molar-refractivity contribution in [1.82, 2.24) is 0 Å². The SMILES string of the molecule is [C]#CC(C)c1ccc(CCC)cc1. The van der Waals surface area contributed by atoms with Crippen LogP contribution < -0.4 is 0 Å². The second kappa shape index (κ2) is 4.72. The smallest absolute Gasteiger partial charge is 0.0434 e. The lowest BCUT2D eigenvalue weighted by Gasteiger charge is -2.05. The Labute approximate surface area is 81.0 Å². The van der Waals surface area contributed by atoms with E-state index >= 15 is 0 Å². The van der Waals surface area contributed by atoms with E-state index in [1.54, 1.807) is 0 Å². The summed E-state index contributed by atoms with van der Waals surface area (Å²) >= 11 is 0. The van der Waals surface area contributed by atoms with Crippen LogP contribution >= 0.6 is 0 Å². The first-order valence-electron chi connectivity index (χ1n) is 4.79. The van der Waals surface area contributed by atoms with Gasteiger partial charge in [-0.1, -0.05) is 43.5 Å². The van der Waals surface area contributed by atoms with Crippen LogP contribution in [0.5, 0.6) is 0 Å². The quantitative estimate of drug-likeness (QED) is 0.612. The van der Waals surface area contributed by atoms with Crippen LogP contribution in [0.3, 0.4) is 0 Å². The van der Waals surface area contributed by atoms with E-state index < -0.39 is 0 Å². The van der Waals surface area contributed by atoms with Crippen LogP contribution in [-0.2, 0) is 6.42 Å². The molecule has 0 heteroatoms. The van der Waals surface area contributed by atoms with E-state index in [1.165, 1.54) is 17.5 Å². The summed E-state index contributed by atoms with van der Waals surface area (Å²) in [4.78, 5) is 0. The molecule has 0 aliphatic rings. The van der Waals surface area contributed by atoms with Gasteiger partial charge in [-0.05, 0) is 30.9 Å². The summed E-state index contributed by atoms with van der Waals surface area (Å²) in [6.07, 6.45) is 9.36. The highest BCUT2D eigenvalue weighted by Gasteiger charge is 2.00. The molecule has 1 unspecified atom stereocenters. The summed E-state index contributed by atoms with van der Waals surface area (Å²) in [5, 5.41) is 0. The number of hydrogen-bond acceptors (Lipinski definition) is 0. The van der Waals surface area contributed by atoms with Crippen molar-refractivity contribution in [2.45, 2.75) is 32.6 Å². The van der Waals surface area contributed by atoms with Gasteiger partial charge in [-0.25, -0.2) is 0 Å². The van der Waals surface area contributed by atoms with E-state index in [-0.39, 0.29) is 5.92 Å². The van der Waals surface area contributed by atoms with Gasteiger partial charge in [0.1, 0.15) is 0 Å². The summed E-state index contributed by atoms with van der Waals surface area (Å²) in [6.45, 7) is 4.17. The molecule has 0 amide bonds. The Balaban J connectivity index is 2.76. The van der Waals surface area contributed by atoms with Crippen molar-refractivity contribution in [3.63, 3.8) is 0 Å². The standard InChI is InChI=1S/C13H15/c1-4-6-12-7-9-13(10-8-12)11(3)5-2/h7-11H,4,6H2,1,3H3. The first kappa shape index (κ1) is 9.86. The molecular weight excluding hydrogens is 156 g/mol. The van der Waals surface area contributed by atoms with Gasteiger partial charge in [0.05, 0.1) is 0 Å². The molecule has 0 saturated carbocycles. The van der Waals surface area contributed by atoms with Gasteiger partial charge in [-0.2, -0.15) is 0 Å². The lowest BCUT2D eigenvalue weighted by molar-refractivity contribution is 0.916. The molecule has 1 atom stereocenters.